The average molecular weight is 361 g/mol. The molecule has 0 radical (unpaired) electrons. The number of hydrogen-bond acceptors (Lipinski definition) is 3. The van der Waals surface area contributed by atoms with Crippen molar-refractivity contribution in [3.63, 3.8) is 0 Å². The summed E-state index contributed by atoms with van der Waals surface area (Å²) in [6.07, 6.45) is 8.46. The molecular formula is C23H28N4. The Morgan fingerprint density at radius 3 is 2.81 bits per heavy atom. The Morgan fingerprint density at radius 2 is 1.85 bits per heavy atom. The molecule has 4 heteroatoms. The van der Waals surface area contributed by atoms with Gasteiger partial charge in [0, 0.05) is 31.4 Å². The molecule has 1 aliphatic heterocycles. The van der Waals surface area contributed by atoms with Crippen LogP contribution in [-0.4, -0.2) is 40.5 Å². The highest BCUT2D eigenvalue weighted by Gasteiger charge is 2.19. The molecule has 3 heterocycles. The lowest BCUT2D eigenvalue weighted by Gasteiger charge is -2.20. The van der Waals surface area contributed by atoms with Gasteiger partial charge in [0.25, 0.3) is 0 Å². The molecule has 140 valence electrons. The number of aryl methyl sites for hydroxylation is 2. The van der Waals surface area contributed by atoms with E-state index in [2.05, 4.69) is 57.2 Å². The minimum atomic E-state index is 0.958. The molecule has 1 aliphatic carbocycles. The van der Waals surface area contributed by atoms with E-state index in [0.717, 1.165) is 44.1 Å². The van der Waals surface area contributed by atoms with Gasteiger partial charge in [-0.2, -0.15) is 0 Å². The molecule has 1 fully saturated rings. The Labute approximate surface area is 161 Å². The van der Waals surface area contributed by atoms with E-state index in [0.29, 0.717) is 0 Å². The minimum Gasteiger partial charge on any atom is -0.315 e. The highest BCUT2D eigenvalue weighted by molar-refractivity contribution is 5.68. The van der Waals surface area contributed by atoms with Crippen LogP contribution < -0.4 is 5.32 Å². The lowest BCUT2D eigenvalue weighted by Crippen LogP contribution is -2.28. The van der Waals surface area contributed by atoms with Crippen molar-refractivity contribution in [3.8, 4) is 11.3 Å². The molecular weight excluding hydrogens is 332 g/mol. The van der Waals surface area contributed by atoms with Crippen molar-refractivity contribution in [1.82, 2.24) is 19.6 Å². The van der Waals surface area contributed by atoms with Crippen LogP contribution in [0.4, 0.5) is 0 Å². The molecule has 4 nitrogen and oxygen atoms in total. The van der Waals surface area contributed by atoms with E-state index in [1.165, 1.54) is 54.5 Å². The third-order valence-corrected chi connectivity index (χ3v) is 6.06. The summed E-state index contributed by atoms with van der Waals surface area (Å²) < 4.78 is 2.28. The molecule has 2 aromatic heterocycles. The lowest BCUT2D eigenvalue weighted by molar-refractivity contribution is 0.281. The fraction of sp³-hybridized carbons (Fsp3) is 0.435. The van der Waals surface area contributed by atoms with Crippen molar-refractivity contribution in [2.45, 2.75) is 38.6 Å². The Balaban J connectivity index is 1.57. The summed E-state index contributed by atoms with van der Waals surface area (Å²) in [4.78, 5) is 7.61. The summed E-state index contributed by atoms with van der Waals surface area (Å²) in [5.74, 6) is 0. The second-order valence-electron chi connectivity index (χ2n) is 7.91. The Morgan fingerprint density at radius 1 is 0.926 bits per heavy atom. The lowest BCUT2D eigenvalue weighted by atomic mass is 9.90. The zero-order valence-corrected chi connectivity index (χ0v) is 16.0. The molecule has 1 N–H and O–H groups in total. The second-order valence-corrected chi connectivity index (χ2v) is 7.91. The fourth-order valence-electron chi connectivity index (χ4n) is 4.58. The zero-order valence-electron chi connectivity index (χ0n) is 16.0. The van der Waals surface area contributed by atoms with E-state index in [1.54, 1.807) is 0 Å². The predicted octanol–water partition coefficient (Wildman–Crippen LogP) is 3.68. The van der Waals surface area contributed by atoms with E-state index in [1.807, 2.05) is 0 Å². The Hall–Kier alpha value is -2.17. The number of rotatable bonds is 3. The van der Waals surface area contributed by atoms with Gasteiger partial charge in [-0.1, -0.05) is 18.2 Å². The number of benzene rings is 1. The van der Waals surface area contributed by atoms with E-state index >= 15 is 0 Å². The standard InChI is InChI=1S/C23H28N4/c1-2-7-19-16-20(10-9-18(19)6-1)23-21(17-26-13-5-11-24-12-15-26)27-14-4-3-8-22(27)25-23/h3-4,8-10,14,16,24H,1-2,5-7,11-13,15,17H2. The van der Waals surface area contributed by atoms with Crippen LogP contribution in [-0.2, 0) is 19.4 Å². The van der Waals surface area contributed by atoms with Gasteiger partial charge in [0.15, 0.2) is 0 Å². The maximum absolute atomic E-state index is 5.04. The van der Waals surface area contributed by atoms with Crippen molar-refractivity contribution in [2.24, 2.45) is 0 Å². The third-order valence-electron chi connectivity index (χ3n) is 6.06. The van der Waals surface area contributed by atoms with Crippen LogP contribution in [0.25, 0.3) is 16.9 Å². The Kier molecular flexibility index (Phi) is 4.68. The third kappa shape index (κ3) is 3.40. The van der Waals surface area contributed by atoms with Gasteiger partial charge in [0.2, 0.25) is 0 Å². The van der Waals surface area contributed by atoms with Crippen LogP contribution in [0.3, 0.4) is 0 Å². The van der Waals surface area contributed by atoms with E-state index in [-0.39, 0.29) is 0 Å². The molecule has 2 aliphatic rings. The van der Waals surface area contributed by atoms with Gasteiger partial charge >= 0.3 is 0 Å². The molecule has 0 atom stereocenters. The maximum atomic E-state index is 5.04. The van der Waals surface area contributed by atoms with Crippen LogP contribution in [0.5, 0.6) is 0 Å². The first kappa shape index (κ1) is 17.0. The molecule has 0 spiro atoms. The van der Waals surface area contributed by atoms with E-state index in [9.17, 15) is 0 Å². The summed E-state index contributed by atoms with van der Waals surface area (Å²) >= 11 is 0. The van der Waals surface area contributed by atoms with Crippen molar-refractivity contribution in [2.75, 3.05) is 26.2 Å². The number of imidazole rings is 1. The SMILES string of the molecule is c1ccn2c(CN3CCCNCC3)c(-c3ccc4c(c3)CCCC4)nc2c1. The zero-order chi connectivity index (χ0) is 18.1. The summed E-state index contributed by atoms with van der Waals surface area (Å²) in [6, 6.07) is 13.4. The second kappa shape index (κ2) is 7.45. The smallest absolute Gasteiger partial charge is 0.137 e. The number of pyridine rings is 1. The van der Waals surface area contributed by atoms with Crippen LogP contribution >= 0.6 is 0 Å². The summed E-state index contributed by atoms with van der Waals surface area (Å²) in [7, 11) is 0. The highest BCUT2D eigenvalue weighted by Crippen LogP contribution is 2.30. The molecule has 3 aromatic rings. The summed E-state index contributed by atoms with van der Waals surface area (Å²) in [5, 5.41) is 3.51. The molecule has 5 rings (SSSR count). The first-order valence-corrected chi connectivity index (χ1v) is 10.4. The molecule has 0 unspecified atom stereocenters. The van der Waals surface area contributed by atoms with Crippen molar-refractivity contribution >= 4 is 5.65 Å². The molecule has 1 aromatic carbocycles. The number of fused-ring (bicyclic) bond motifs is 2. The number of nitrogens with zero attached hydrogens (tertiary/aromatic N) is 3. The molecule has 27 heavy (non-hydrogen) atoms. The maximum Gasteiger partial charge on any atom is 0.137 e. The van der Waals surface area contributed by atoms with Crippen LogP contribution in [0.2, 0.25) is 0 Å². The van der Waals surface area contributed by atoms with Crippen LogP contribution in [0.15, 0.2) is 42.6 Å². The van der Waals surface area contributed by atoms with Crippen LogP contribution in [0, 0.1) is 0 Å². The predicted molar refractivity (Wildman–Crippen MR) is 110 cm³/mol. The van der Waals surface area contributed by atoms with E-state index < -0.39 is 0 Å². The van der Waals surface area contributed by atoms with Crippen molar-refractivity contribution in [1.29, 1.82) is 0 Å². The number of hydrogen-bond donors (Lipinski definition) is 1. The van der Waals surface area contributed by atoms with Gasteiger partial charge in [-0.3, -0.25) is 4.90 Å². The summed E-state index contributed by atoms with van der Waals surface area (Å²) in [5.41, 5.74) is 7.88. The van der Waals surface area contributed by atoms with E-state index in [4.69, 9.17) is 4.98 Å². The monoisotopic (exact) mass is 360 g/mol. The Bertz CT molecular complexity index is 935. The topological polar surface area (TPSA) is 32.6 Å². The molecule has 0 saturated carbocycles. The van der Waals surface area contributed by atoms with Gasteiger partial charge in [-0.05, 0) is 74.5 Å². The quantitative estimate of drug-likeness (QED) is 0.773. The molecule has 0 bridgehead atoms. The fourth-order valence-corrected chi connectivity index (χ4v) is 4.58. The average Bonchev–Trinajstić information content (AvgIpc) is 2.88. The number of aromatic nitrogens is 2. The van der Waals surface area contributed by atoms with Gasteiger partial charge in [-0.15, -0.1) is 0 Å². The first-order chi connectivity index (χ1) is 13.4. The largest absolute Gasteiger partial charge is 0.315 e. The molecule has 1 saturated heterocycles. The normalized spacial score (nSPS) is 18.4. The summed E-state index contributed by atoms with van der Waals surface area (Å²) in [6.45, 7) is 5.41. The van der Waals surface area contributed by atoms with Crippen LogP contribution in [0.1, 0.15) is 36.1 Å². The van der Waals surface area contributed by atoms with Gasteiger partial charge in [0.05, 0.1) is 11.4 Å². The van der Waals surface area contributed by atoms with Gasteiger partial charge in [-0.25, -0.2) is 4.98 Å². The van der Waals surface area contributed by atoms with Crippen molar-refractivity contribution in [3.05, 3.63) is 59.4 Å². The van der Waals surface area contributed by atoms with Gasteiger partial charge < -0.3 is 9.72 Å². The van der Waals surface area contributed by atoms with Gasteiger partial charge in [0.1, 0.15) is 5.65 Å². The molecule has 0 amide bonds. The highest BCUT2D eigenvalue weighted by atomic mass is 15.2. The minimum absolute atomic E-state index is 0.958. The first-order valence-electron chi connectivity index (χ1n) is 10.4. The van der Waals surface area contributed by atoms with Crippen molar-refractivity contribution < 1.29 is 0 Å². The number of nitrogens with one attached hydrogen (secondary N) is 1.